The molecule has 11 rings (SSSR count). The molecule has 1 aromatic carbocycles. The molecule has 4 saturated heterocycles. The number of β-amino-alcohol motifs (C(OH)–C–C–N with tert-alkyl or cyclic N) is 1. The number of carbonyl (C=O) groups is 2. The highest BCUT2D eigenvalue weighted by Gasteiger charge is 2.45. The zero-order chi connectivity index (χ0) is 45.4. The molecule has 1 saturated carbocycles. The number of likely N-dealkylation sites (tertiary alicyclic amines) is 1. The third-order valence-electron chi connectivity index (χ3n) is 15.4. The van der Waals surface area contributed by atoms with Crippen molar-refractivity contribution in [3.05, 3.63) is 65.2 Å². The van der Waals surface area contributed by atoms with Gasteiger partial charge < -0.3 is 14.9 Å². The Hall–Kier alpha value is -6.02. The number of nitrogens with one attached hydrogen (secondary N) is 1. The molecule has 3 atom stereocenters. The molecule has 18 nitrogen and oxygen atoms in total. The number of imide groups is 1. The summed E-state index contributed by atoms with van der Waals surface area (Å²) in [5.41, 5.74) is 3.98. The number of fused-ring (bicyclic) bond motifs is 2. The van der Waals surface area contributed by atoms with Gasteiger partial charge >= 0.3 is 5.69 Å². The van der Waals surface area contributed by atoms with E-state index in [1.165, 1.54) is 4.68 Å². The second-order valence-corrected chi connectivity index (χ2v) is 19.6. The fourth-order valence-electron chi connectivity index (χ4n) is 11.9. The van der Waals surface area contributed by atoms with Crippen molar-refractivity contribution in [1.82, 2.24) is 58.7 Å². The van der Waals surface area contributed by atoms with Crippen molar-refractivity contribution < 1.29 is 23.5 Å². The topological polar surface area (TPSA) is 182 Å². The lowest BCUT2D eigenvalue weighted by molar-refractivity contribution is -0.135. The van der Waals surface area contributed by atoms with Gasteiger partial charge in [-0.2, -0.15) is 10.2 Å². The van der Waals surface area contributed by atoms with Crippen molar-refractivity contribution in [2.75, 3.05) is 49.1 Å². The molecular weight excluding hydrogens is 851 g/mol. The molecule has 0 radical (unpaired) electrons. The predicted molar refractivity (Wildman–Crippen MR) is 241 cm³/mol. The monoisotopic (exact) mass is 906 g/mol. The molecule has 6 aromatic rings. The van der Waals surface area contributed by atoms with Crippen LogP contribution in [0.5, 0.6) is 0 Å². The first-order valence-corrected chi connectivity index (χ1v) is 23.5. The summed E-state index contributed by atoms with van der Waals surface area (Å²) >= 11 is 0. The van der Waals surface area contributed by atoms with Gasteiger partial charge in [-0.25, -0.2) is 27.8 Å². The average molecular weight is 907 g/mol. The van der Waals surface area contributed by atoms with E-state index in [0.717, 1.165) is 108 Å². The van der Waals surface area contributed by atoms with Crippen LogP contribution >= 0.6 is 0 Å². The fourth-order valence-corrected chi connectivity index (χ4v) is 11.9. The van der Waals surface area contributed by atoms with Crippen molar-refractivity contribution in [1.29, 1.82) is 0 Å². The number of amides is 2. The van der Waals surface area contributed by atoms with Gasteiger partial charge in [0.25, 0.3) is 6.43 Å². The average Bonchev–Trinajstić information content (AvgIpc) is 4.15. The van der Waals surface area contributed by atoms with Crippen LogP contribution in [0.1, 0.15) is 102 Å². The molecule has 5 aliphatic rings. The summed E-state index contributed by atoms with van der Waals surface area (Å²) in [6.45, 7) is 7.45. The SMILES string of the molecule is C[C@H]1CC2(CCN(c3cccc4c3n(C)c(=O)n4C3CCC(=O)NC3=O)CC2)CN1CC1CCC(n2cc(-n3cc(-c4cnn5ccc(N6CCC[C@H](O)C6)nc45)nn3)c(C(F)F)n2)CC1. The third-order valence-corrected chi connectivity index (χ3v) is 15.4. The van der Waals surface area contributed by atoms with Gasteiger partial charge in [0, 0.05) is 65.0 Å². The van der Waals surface area contributed by atoms with Crippen molar-refractivity contribution in [2.45, 2.75) is 108 Å². The second-order valence-electron chi connectivity index (χ2n) is 19.6. The lowest BCUT2D eigenvalue weighted by Gasteiger charge is -2.41. The number of halogens is 2. The minimum atomic E-state index is -2.79. The number of imidazole rings is 1. The third kappa shape index (κ3) is 7.54. The molecule has 2 amide bonds. The number of hydrogen-bond donors (Lipinski definition) is 2. The zero-order valence-electron chi connectivity index (χ0n) is 37.3. The van der Waals surface area contributed by atoms with Crippen LogP contribution in [0.15, 0.2) is 53.8 Å². The van der Waals surface area contributed by atoms with Crippen LogP contribution < -0.4 is 20.8 Å². The number of alkyl halides is 2. The molecule has 4 aliphatic heterocycles. The van der Waals surface area contributed by atoms with Gasteiger partial charge in [-0.1, -0.05) is 11.3 Å². The molecule has 348 valence electrons. The zero-order valence-corrected chi connectivity index (χ0v) is 37.3. The van der Waals surface area contributed by atoms with Crippen LogP contribution in [0, 0.1) is 11.3 Å². The minimum absolute atomic E-state index is 0.00239. The number of aromatic nitrogens is 10. The summed E-state index contributed by atoms with van der Waals surface area (Å²) in [6, 6.07) is 7.52. The van der Waals surface area contributed by atoms with E-state index in [1.807, 2.05) is 24.4 Å². The maximum Gasteiger partial charge on any atom is 0.329 e. The maximum atomic E-state index is 14.6. The summed E-state index contributed by atoms with van der Waals surface area (Å²) in [4.78, 5) is 50.2. The highest BCUT2D eigenvalue weighted by atomic mass is 19.3. The molecular formula is C46H56F2N14O4. The van der Waals surface area contributed by atoms with Crippen LogP contribution in [0.3, 0.4) is 0 Å². The Morgan fingerprint density at radius 2 is 1.79 bits per heavy atom. The van der Waals surface area contributed by atoms with Gasteiger partial charge in [0.1, 0.15) is 23.2 Å². The Kier molecular flexibility index (Phi) is 10.8. The molecule has 1 unspecified atom stereocenters. The fraction of sp³-hybridized carbons (Fsp3) is 0.565. The second kappa shape index (κ2) is 16.7. The number of piperidine rings is 3. The van der Waals surface area contributed by atoms with E-state index in [0.29, 0.717) is 47.3 Å². The summed E-state index contributed by atoms with van der Waals surface area (Å²) < 4.78 is 37.1. The molecule has 5 aromatic heterocycles. The molecule has 20 heteroatoms. The van der Waals surface area contributed by atoms with Crippen molar-refractivity contribution in [2.24, 2.45) is 18.4 Å². The van der Waals surface area contributed by atoms with Crippen LogP contribution in [-0.4, -0.2) is 122 Å². The van der Waals surface area contributed by atoms with Crippen molar-refractivity contribution >= 4 is 40.0 Å². The Morgan fingerprint density at radius 1 is 0.970 bits per heavy atom. The standard InChI is InChI=1S/C46H56F2N14O4/c1-28-21-46(15-19-56(20-16-46)34-6-3-7-35-41(34)55(2)45(66)62(35)36-12-13-39(64)51-44(36)65)27-58(28)23-29-8-10-30(11-9-29)60-26-37(40(53-60)42(47)48)61-25-33(52-54-61)32-22-49-59-18-14-38(50-43(32)59)57-17-4-5-31(63)24-57/h3,6-7,14,18,22,25-26,28-31,36,42,63H,4-5,8-13,15-17,19-21,23-24,27H2,1-2H3,(H,51,64,65)/t28-,29?,30?,31-,36?/m0/s1. The Labute approximate surface area is 379 Å². The number of para-hydroxylation sites is 1. The van der Waals surface area contributed by atoms with Crippen molar-refractivity contribution in [3.8, 4) is 16.9 Å². The normalized spacial score (nSPS) is 25.3. The van der Waals surface area contributed by atoms with E-state index in [4.69, 9.17) is 4.98 Å². The van der Waals surface area contributed by atoms with E-state index >= 15 is 0 Å². The largest absolute Gasteiger partial charge is 0.391 e. The first-order chi connectivity index (χ1) is 31.9. The Balaban J connectivity index is 0.724. The molecule has 1 aliphatic carbocycles. The lowest BCUT2D eigenvalue weighted by Crippen LogP contribution is -2.44. The van der Waals surface area contributed by atoms with E-state index < -0.39 is 24.5 Å². The van der Waals surface area contributed by atoms with Crippen LogP contribution in [0.2, 0.25) is 0 Å². The molecule has 1 spiro atoms. The predicted octanol–water partition coefficient (Wildman–Crippen LogP) is 4.82. The lowest BCUT2D eigenvalue weighted by atomic mass is 9.76. The number of aliphatic hydroxyl groups excluding tert-OH is 1. The first kappa shape index (κ1) is 42.6. The number of benzene rings is 1. The van der Waals surface area contributed by atoms with Gasteiger partial charge in [0.2, 0.25) is 11.8 Å². The smallest absolute Gasteiger partial charge is 0.329 e. The number of carbonyl (C=O) groups excluding carboxylic acids is 2. The van der Waals surface area contributed by atoms with E-state index in [2.05, 4.69) is 53.5 Å². The Bertz CT molecular complexity index is 2860. The summed E-state index contributed by atoms with van der Waals surface area (Å²) in [7, 11) is 1.76. The van der Waals surface area contributed by atoms with Gasteiger partial charge in [-0.3, -0.25) is 33.6 Å². The number of anilines is 2. The van der Waals surface area contributed by atoms with Crippen molar-refractivity contribution in [3.63, 3.8) is 0 Å². The summed E-state index contributed by atoms with van der Waals surface area (Å²) in [5.74, 6) is 0.498. The number of hydrogen-bond acceptors (Lipinski definition) is 12. The van der Waals surface area contributed by atoms with Crippen LogP contribution in [0.25, 0.3) is 33.6 Å². The number of aryl methyl sites for hydroxylation is 1. The van der Waals surface area contributed by atoms with Gasteiger partial charge in [0.05, 0.1) is 53.0 Å². The number of aliphatic hydroxyl groups is 1. The highest BCUT2D eigenvalue weighted by molar-refractivity contribution is 6.00. The van der Waals surface area contributed by atoms with E-state index in [-0.39, 0.29) is 40.9 Å². The molecule has 9 heterocycles. The van der Waals surface area contributed by atoms with Gasteiger partial charge in [-0.05, 0) is 101 Å². The summed E-state index contributed by atoms with van der Waals surface area (Å²) in [6.07, 6.45) is 12.6. The maximum absolute atomic E-state index is 14.6. The van der Waals surface area contributed by atoms with E-state index in [1.54, 1.807) is 44.0 Å². The number of nitrogens with zero attached hydrogens (tertiary/aromatic N) is 13. The van der Waals surface area contributed by atoms with Gasteiger partial charge in [-0.15, -0.1) is 5.10 Å². The minimum Gasteiger partial charge on any atom is -0.391 e. The quantitative estimate of drug-likeness (QED) is 0.189. The summed E-state index contributed by atoms with van der Waals surface area (Å²) in [5, 5.41) is 30.1. The van der Waals surface area contributed by atoms with Gasteiger partial charge in [0.15, 0.2) is 11.3 Å². The molecule has 66 heavy (non-hydrogen) atoms. The molecule has 2 N–H and O–H groups in total. The molecule has 0 bridgehead atoms. The highest BCUT2D eigenvalue weighted by Crippen LogP contribution is 2.46. The molecule has 5 fully saturated rings. The van der Waals surface area contributed by atoms with Crippen LogP contribution in [0.4, 0.5) is 20.3 Å². The van der Waals surface area contributed by atoms with E-state index in [9.17, 15) is 28.3 Å². The Morgan fingerprint density at radius 3 is 2.56 bits per heavy atom. The number of rotatable bonds is 9. The van der Waals surface area contributed by atoms with Crippen LogP contribution in [-0.2, 0) is 16.6 Å². The first-order valence-electron chi connectivity index (χ1n) is 23.5.